The van der Waals surface area contributed by atoms with Gasteiger partial charge in [0.25, 0.3) is 5.91 Å². The van der Waals surface area contributed by atoms with Gasteiger partial charge in [0, 0.05) is 29.7 Å². The van der Waals surface area contributed by atoms with Gasteiger partial charge in [0.2, 0.25) is 0 Å². The van der Waals surface area contributed by atoms with Crippen molar-refractivity contribution >= 4 is 38.8 Å². The molecule has 1 amide bonds. The first-order chi connectivity index (χ1) is 17.0. The predicted octanol–water partition coefficient (Wildman–Crippen LogP) is 3.66. The Labute approximate surface area is 207 Å². The molecule has 3 N–H and O–H groups in total. The van der Waals surface area contributed by atoms with Crippen molar-refractivity contribution in [2.75, 3.05) is 36.3 Å². The summed E-state index contributed by atoms with van der Waals surface area (Å²) < 4.78 is 74.6. The monoisotopic (exact) mass is 544 g/mol. The highest BCUT2D eigenvalue weighted by atomic mass is 32.2. The number of phenolic OH excluding ortho intramolecular Hbond substituents is 1. The number of carbonyl (C=O) groups is 1. The van der Waals surface area contributed by atoms with Crippen molar-refractivity contribution in [3.05, 3.63) is 52.9 Å². The van der Waals surface area contributed by atoms with Gasteiger partial charge in [0.15, 0.2) is 5.01 Å². The Morgan fingerprint density at radius 3 is 2.50 bits per heavy atom. The average Bonchev–Trinajstić information content (AvgIpc) is 3.32. The molecular formula is C21H19F3N4O6S2. The number of anilines is 2. The molecule has 0 radical (unpaired) electrons. The zero-order valence-corrected chi connectivity index (χ0v) is 19.9. The average molecular weight is 545 g/mol. The summed E-state index contributed by atoms with van der Waals surface area (Å²) in [6.45, 7) is 0.836. The number of amides is 1. The fraction of sp³-hybridized carbons (Fsp3) is 0.238. The number of benzene rings is 2. The zero-order valence-electron chi connectivity index (χ0n) is 18.3. The third kappa shape index (κ3) is 6.42. The Kier molecular flexibility index (Phi) is 7.35. The molecule has 0 aliphatic carbocycles. The minimum atomic E-state index is -4.80. The maximum atomic E-state index is 12.7. The van der Waals surface area contributed by atoms with Gasteiger partial charge in [0.05, 0.1) is 24.6 Å². The maximum absolute atomic E-state index is 12.7. The quantitative estimate of drug-likeness (QED) is 0.306. The lowest BCUT2D eigenvalue weighted by Crippen LogP contribution is -2.43. The van der Waals surface area contributed by atoms with Crippen molar-refractivity contribution in [2.45, 2.75) is 6.36 Å². The molecule has 4 rings (SSSR count). The molecule has 1 saturated heterocycles. The molecule has 1 aliphatic heterocycles. The number of alkyl halides is 3. The van der Waals surface area contributed by atoms with Crippen LogP contribution in [0.1, 0.15) is 9.80 Å². The van der Waals surface area contributed by atoms with Crippen LogP contribution in [-0.4, -0.2) is 61.4 Å². The minimum absolute atomic E-state index is 0.0594. The SMILES string of the molecule is O=C(Nc1ccc(O)c(NS(=O)(=O)N2CCOCC2)c1)c1nc(-c2ccc(OC(F)(F)F)cc2)cs1. The highest BCUT2D eigenvalue weighted by Gasteiger charge is 2.31. The normalized spacial score (nSPS) is 14.9. The Morgan fingerprint density at radius 2 is 1.83 bits per heavy atom. The standard InChI is InChI=1S/C21H19F3N4O6S2/c22-21(23,24)34-15-4-1-13(2-5-15)17-12-35-20(26-17)19(30)25-14-3-6-18(29)16(11-14)27-36(31,32)28-7-9-33-10-8-28/h1-6,11-12,27,29H,7-10H2,(H,25,30). The van der Waals surface area contributed by atoms with Gasteiger partial charge in [0.1, 0.15) is 11.5 Å². The number of hydrogen-bond acceptors (Lipinski definition) is 8. The molecule has 0 saturated carbocycles. The highest BCUT2D eigenvalue weighted by molar-refractivity contribution is 7.90. The molecule has 15 heteroatoms. The number of nitrogens with one attached hydrogen (secondary N) is 2. The third-order valence-corrected chi connectivity index (χ3v) is 7.25. The van der Waals surface area contributed by atoms with E-state index < -0.39 is 22.5 Å². The van der Waals surface area contributed by atoms with Gasteiger partial charge in [-0.3, -0.25) is 9.52 Å². The largest absolute Gasteiger partial charge is 0.573 e. The van der Waals surface area contributed by atoms with Crippen molar-refractivity contribution in [2.24, 2.45) is 0 Å². The van der Waals surface area contributed by atoms with Crippen LogP contribution in [0.2, 0.25) is 0 Å². The summed E-state index contributed by atoms with van der Waals surface area (Å²) >= 11 is 1.01. The van der Waals surface area contributed by atoms with Crippen molar-refractivity contribution < 1.29 is 41.0 Å². The lowest BCUT2D eigenvalue weighted by atomic mass is 10.2. The molecule has 0 bridgehead atoms. The van der Waals surface area contributed by atoms with E-state index in [-0.39, 0.29) is 54.2 Å². The number of morpholine rings is 1. The van der Waals surface area contributed by atoms with Gasteiger partial charge in [-0.15, -0.1) is 24.5 Å². The Morgan fingerprint density at radius 1 is 1.14 bits per heavy atom. The van der Waals surface area contributed by atoms with Crippen LogP contribution >= 0.6 is 11.3 Å². The Bertz CT molecular complexity index is 1340. The molecule has 1 fully saturated rings. The number of phenols is 1. The number of hydrogen-bond donors (Lipinski definition) is 3. The molecule has 10 nitrogen and oxygen atoms in total. The molecule has 0 spiro atoms. The van der Waals surface area contributed by atoms with Gasteiger partial charge >= 0.3 is 16.6 Å². The van der Waals surface area contributed by atoms with Gasteiger partial charge in [-0.25, -0.2) is 4.98 Å². The van der Waals surface area contributed by atoms with Crippen LogP contribution in [0.5, 0.6) is 11.5 Å². The molecule has 0 unspecified atom stereocenters. The number of halogens is 3. The number of aromatic nitrogens is 1. The predicted molar refractivity (Wildman–Crippen MR) is 125 cm³/mol. The van der Waals surface area contributed by atoms with Crippen LogP contribution < -0.4 is 14.8 Å². The van der Waals surface area contributed by atoms with Crippen LogP contribution in [0.4, 0.5) is 24.5 Å². The molecule has 1 aliphatic rings. The number of carbonyl (C=O) groups excluding carboxylic acids is 1. The summed E-state index contributed by atoms with van der Waals surface area (Å²) in [5, 5.41) is 14.3. The molecule has 0 atom stereocenters. The van der Waals surface area contributed by atoms with E-state index in [1.165, 1.54) is 34.6 Å². The van der Waals surface area contributed by atoms with Crippen LogP contribution in [-0.2, 0) is 14.9 Å². The molecule has 1 aromatic heterocycles. The van der Waals surface area contributed by atoms with Crippen LogP contribution in [0.25, 0.3) is 11.3 Å². The summed E-state index contributed by atoms with van der Waals surface area (Å²) in [6, 6.07) is 8.91. The molecule has 192 valence electrons. The first kappa shape index (κ1) is 25.7. The van der Waals surface area contributed by atoms with E-state index in [0.29, 0.717) is 11.3 Å². The van der Waals surface area contributed by atoms with Crippen molar-refractivity contribution in [1.82, 2.24) is 9.29 Å². The number of rotatable bonds is 7. The summed E-state index contributed by atoms with van der Waals surface area (Å²) in [6.07, 6.45) is -4.80. The summed E-state index contributed by atoms with van der Waals surface area (Å²) in [5.41, 5.74) is 0.917. The number of aromatic hydroxyl groups is 1. The lowest BCUT2D eigenvalue weighted by molar-refractivity contribution is -0.274. The molecule has 36 heavy (non-hydrogen) atoms. The summed E-state index contributed by atoms with van der Waals surface area (Å²) in [7, 11) is -3.95. The van der Waals surface area contributed by atoms with E-state index in [2.05, 4.69) is 19.8 Å². The molecule has 2 aromatic carbocycles. The Hall–Kier alpha value is -3.40. The van der Waals surface area contributed by atoms with E-state index in [1.807, 2.05) is 0 Å². The second kappa shape index (κ2) is 10.3. The fourth-order valence-electron chi connectivity index (χ4n) is 3.21. The molecular weight excluding hydrogens is 525 g/mol. The van der Waals surface area contributed by atoms with Gasteiger partial charge in [-0.1, -0.05) is 0 Å². The smallest absolute Gasteiger partial charge is 0.506 e. The fourth-order valence-corrected chi connectivity index (χ4v) is 5.13. The van der Waals surface area contributed by atoms with Crippen molar-refractivity contribution in [3.8, 4) is 22.8 Å². The number of ether oxygens (including phenoxy) is 2. The maximum Gasteiger partial charge on any atom is 0.573 e. The van der Waals surface area contributed by atoms with E-state index >= 15 is 0 Å². The summed E-state index contributed by atoms with van der Waals surface area (Å²) in [5.74, 6) is -1.32. The third-order valence-electron chi connectivity index (χ3n) is 4.89. The topological polar surface area (TPSA) is 130 Å². The van der Waals surface area contributed by atoms with Crippen LogP contribution in [0.15, 0.2) is 47.8 Å². The van der Waals surface area contributed by atoms with E-state index in [1.54, 1.807) is 5.38 Å². The summed E-state index contributed by atoms with van der Waals surface area (Å²) in [4.78, 5) is 16.9. The van der Waals surface area contributed by atoms with Crippen molar-refractivity contribution in [3.63, 3.8) is 0 Å². The van der Waals surface area contributed by atoms with Gasteiger partial charge in [-0.2, -0.15) is 12.7 Å². The minimum Gasteiger partial charge on any atom is -0.506 e. The highest BCUT2D eigenvalue weighted by Crippen LogP contribution is 2.30. The Balaban J connectivity index is 1.44. The van der Waals surface area contributed by atoms with E-state index in [0.717, 1.165) is 23.5 Å². The van der Waals surface area contributed by atoms with Gasteiger partial charge in [-0.05, 0) is 42.5 Å². The van der Waals surface area contributed by atoms with Crippen LogP contribution in [0, 0.1) is 0 Å². The van der Waals surface area contributed by atoms with Crippen molar-refractivity contribution in [1.29, 1.82) is 0 Å². The second-order valence-electron chi connectivity index (χ2n) is 7.41. The van der Waals surface area contributed by atoms with E-state index in [4.69, 9.17) is 4.74 Å². The zero-order chi connectivity index (χ0) is 25.9. The second-order valence-corrected chi connectivity index (χ2v) is 9.94. The van der Waals surface area contributed by atoms with E-state index in [9.17, 15) is 31.5 Å². The number of thiazole rings is 1. The molecule has 2 heterocycles. The van der Waals surface area contributed by atoms with Crippen LogP contribution in [0.3, 0.4) is 0 Å². The van der Waals surface area contributed by atoms with Gasteiger partial charge < -0.3 is 19.9 Å². The first-order valence-corrected chi connectivity index (χ1v) is 12.6. The lowest BCUT2D eigenvalue weighted by Gasteiger charge is -2.26. The number of nitrogens with zero attached hydrogens (tertiary/aromatic N) is 2. The molecule has 3 aromatic rings. The first-order valence-electron chi connectivity index (χ1n) is 10.3.